The van der Waals surface area contributed by atoms with Crippen molar-refractivity contribution in [2.24, 2.45) is 0 Å². The Morgan fingerprint density at radius 3 is 2.60 bits per heavy atom. The molecule has 25 heavy (non-hydrogen) atoms. The van der Waals surface area contributed by atoms with Crippen molar-refractivity contribution in [2.75, 3.05) is 29.4 Å². The first-order chi connectivity index (χ1) is 12.0. The molecule has 2 atom stereocenters. The quantitative estimate of drug-likeness (QED) is 0.808. The van der Waals surface area contributed by atoms with Gasteiger partial charge in [0.2, 0.25) is 0 Å². The third kappa shape index (κ3) is 3.69. The summed E-state index contributed by atoms with van der Waals surface area (Å²) in [5, 5.41) is 19.2. The van der Waals surface area contributed by atoms with Gasteiger partial charge in [-0.05, 0) is 26.0 Å². The van der Waals surface area contributed by atoms with Crippen LogP contribution in [0.3, 0.4) is 0 Å². The maximum Gasteiger partial charge on any atom is 0.196 e. The van der Waals surface area contributed by atoms with Crippen LogP contribution in [0.2, 0.25) is 0 Å². The van der Waals surface area contributed by atoms with Crippen LogP contribution in [0.15, 0.2) is 31.1 Å². The van der Waals surface area contributed by atoms with Gasteiger partial charge < -0.3 is 20.0 Å². The Morgan fingerprint density at radius 2 is 1.92 bits per heavy atom. The molecule has 1 saturated heterocycles. The van der Waals surface area contributed by atoms with Gasteiger partial charge in [-0.1, -0.05) is 6.58 Å². The molecule has 0 aliphatic carbocycles. The maximum atomic E-state index is 9.68. The van der Waals surface area contributed by atoms with Gasteiger partial charge in [0, 0.05) is 38.1 Å². The van der Waals surface area contributed by atoms with Gasteiger partial charge in [0.25, 0.3) is 0 Å². The van der Waals surface area contributed by atoms with Crippen LogP contribution < -0.4 is 9.80 Å². The minimum absolute atomic E-state index is 0.139. The molecule has 1 aliphatic heterocycles. The van der Waals surface area contributed by atoms with E-state index in [-0.39, 0.29) is 17.6 Å². The summed E-state index contributed by atoms with van der Waals surface area (Å²) in [5.41, 5.74) is 0. The largest absolute Gasteiger partial charge is 0.505 e. The Morgan fingerprint density at radius 1 is 1.20 bits per heavy atom. The number of hydrogen-bond donors (Lipinski definition) is 2. The van der Waals surface area contributed by atoms with Crippen molar-refractivity contribution < 1.29 is 10.2 Å². The van der Waals surface area contributed by atoms with E-state index in [0.29, 0.717) is 5.82 Å². The average molecular weight is 342 g/mol. The van der Waals surface area contributed by atoms with Crippen LogP contribution in [0.5, 0.6) is 0 Å². The third-order valence-corrected chi connectivity index (χ3v) is 4.18. The summed E-state index contributed by atoms with van der Waals surface area (Å²) in [7, 11) is 0. The fraction of sp³-hybridized carbons (Fsp3) is 0.412. The van der Waals surface area contributed by atoms with E-state index in [9.17, 15) is 10.2 Å². The van der Waals surface area contributed by atoms with Crippen molar-refractivity contribution in [1.29, 1.82) is 0 Å². The van der Waals surface area contributed by atoms with Crippen molar-refractivity contribution in [3.05, 3.63) is 42.8 Å². The fourth-order valence-corrected chi connectivity index (χ4v) is 2.90. The van der Waals surface area contributed by atoms with Gasteiger partial charge in [0.15, 0.2) is 17.4 Å². The minimum atomic E-state index is -0.692. The molecule has 0 saturated carbocycles. The van der Waals surface area contributed by atoms with Crippen LogP contribution in [0.4, 0.5) is 11.6 Å². The molecule has 0 bridgehead atoms. The fourth-order valence-electron chi connectivity index (χ4n) is 2.90. The van der Waals surface area contributed by atoms with Gasteiger partial charge in [-0.15, -0.1) is 0 Å². The normalized spacial score (nSPS) is 18.9. The predicted molar refractivity (Wildman–Crippen MR) is 95.4 cm³/mol. The lowest BCUT2D eigenvalue weighted by atomic mass is 10.2. The number of aliphatic hydroxyl groups is 2. The minimum Gasteiger partial charge on any atom is -0.505 e. The number of nitrogens with zero attached hydrogens (tertiary/aromatic N) is 6. The number of hydrogen-bond acceptors (Lipinski definition) is 8. The Kier molecular flexibility index (Phi) is 4.80. The maximum absolute atomic E-state index is 9.68. The van der Waals surface area contributed by atoms with Crippen LogP contribution in [0.1, 0.15) is 31.6 Å². The molecule has 0 spiro atoms. The zero-order valence-electron chi connectivity index (χ0n) is 14.4. The van der Waals surface area contributed by atoms with E-state index >= 15 is 0 Å². The van der Waals surface area contributed by atoms with Gasteiger partial charge in [-0.25, -0.2) is 19.9 Å². The summed E-state index contributed by atoms with van der Waals surface area (Å²) in [6.45, 7) is 9.51. The zero-order valence-corrected chi connectivity index (χ0v) is 14.4. The molecule has 132 valence electrons. The van der Waals surface area contributed by atoms with Crippen molar-refractivity contribution in [2.45, 2.75) is 26.0 Å². The highest BCUT2D eigenvalue weighted by atomic mass is 16.3. The SMILES string of the molecule is C=C(O)c1nccc(N2CCN(c3ccnc([C@@H](C)O)n3)[C@H](C)C2)n1. The molecule has 8 nitrogen and oxygen atoms in total. The zero-order chi connectivity index (χ0) is 18.0. The van der Waals surface area contributed by atoms with Crippen LogP contribution in [0, 0.1) is 0 Å². The Balaban J connectivity index is 1.76. The lowest BCUT2D eigenvalue weighted by Gasteiger charge is -2.41. The summed E-state index contributed by atoms with van der Waals surface area (Å²) < 4.78 is 0. The van der Waals surface area contributed by atoms with Crippen molar-refractivity contribution in [1.82, 2.24) is 19.9 Å². The van der Waals surface area contributed by atoms with Gasteiger partial charge in [-0.3, -0.25) is 0 Å². The van der Waals surface area contributed by atoms with Crippen LogP contribution in [-0.4, -0.2) is 55.8 Å². The molecule has 3 heterocycles. The van der Waals surface area contributed by atoms with E-state index < -0.39 is 6.10 Å². The van der Waals surface area contributed by atoms with Crippen LogP contribution >= 0.6 is 0 Å². The molecule has 0 unspecified atom stereocenters. The smallest absolute Gasteiger partial charge is 0.196 e. The Bertz CT molecular complexity index is 766. The van der Waals surface area contributed by atoms with Crippen LogP contribution in [0.25, 0.3) is 5.76 Å². The number of rotatable bonds is 4. The summed E-state index contributed by atoms with van der Waals surface area (Å²) >= 11 is 0. The first-order valence-electron chi connectivity index (χ1n) is 8.19. The highest BCUT2D eigenvalue weighted by molar-refractivity contribution is 5.52. The first-order valence-corrected chi connectivity index (χ1v) is 8.19. The second-order valence-electron chi connectivity index (χ2n) is 6.12. The Labute approximate surface area is 146 Å². The standard InChI is InChI=1S/C17H22N6O2/c1-11-10-22(14-4-6-18-16(20-14)12(2)24)8-9-23(11)15-5-7-19-17(21-15)13(3)25/h4-7,11,13,24-25H,2,8-10H2,1,3H3/t11-,13-/m1/s1. The summed E-state index contributed by atoms with van der Waals surface area (Å²) in [6, 6.07) is 3.88. The summed E-state index contributed by atoms with van der Waals surface area (Å²) in [6.07, 6.45) is 2.60. The Hall–Kier alpha value is -2.74. The molecule has 2 aromatic rings. The number of aromatic nitrogens is 4. The molecular formula is C17H22N6O2. The lowest BCUT2D eigenvalue weighted by Crippen LogP contribution is -2.52. The van der Waals surface area contributed by atoms with E-state index in [1.54, 1.807) is 19.3 Å². The van der Waals surface area contributed by atoms with E-state index in [1.807, 2.05) is 12.1 Å². The average Bonchev–Trinajstić information content (AvgIpc) is 2.61. The molecular weight excluding hydrogens is 320 g/mol. The van der Waals surface area contributed by atoms with Gasteiger partial charge in [-0.2, -0.15) is 0 Å². The first kappa shape index (κ1) is 17.1. The summed E-state index contributed by atoms with van der Waals surface area (Å²) in [4.78, 5) is 21.3. The highest BCUT2D eigenvalue weighted by Crippen LogP contribution is 2.22. The number of aliphatic hydroxyl groups excluding tert-OH is 2. The van der Waals surface area contributed by atoms with Gasteiger partial charge in [0.1, 0.15) is 17.7 Å². The second-order valence-corrected chi connectivity index (χ2v) is 6.12. The molecule has 1 aliphatic rings. The number of piperazine rings is 1. The number of anilines is 2. The molecule has 1 fully saturated rings. The van der Waals surface area contributed by atoms with Crippen LogP contribution in [-0.2, 0) is 0 Å². The molecule has 0 amide bonds. The molecule has 8 heteroatoms. The van der Waals surface area contributed by atoms with Crippen molar-refractivity contribution in [3.63, 3.8) is 0 Å². The summed E-state index contributed by atoms with van der Waals surface area (Å²) in [5.74, 6) is 2.10. The topological polar surface area (TPSA) is 98.5 Å². The van der Waals surface area contributed by atoms with Gasteiger partial charge >= 0.3 is 0 Å². The molecule has 3 rings (SSSR count). The third-order valence-electron chi connectivity index (χ3n) is 4.18. The molecule has 2 N–H and O–H groups in total. The molecule has 0 aromatic carbocycles. The molecule has 0 radical (unpaired) electrons. The van der Waals surface area contributed by atoms with E-state index in [0.717, 1.165) is 31.3 Å². The predicted octanol–water partition coefficient (Wildman–Crippen LogP) is 1.56. The van der Waals surface area contributed by atoms with Gasteiger partial charge in [0.05, 0.1) is 0 Å². The lowest BCUT2D eigenvalue weighted by molar-refractivity contribution is 0.189. The van der Waals surface area contributed by atoms with Crippen molar-refractivity contribution in [3.8, 4) is 0 Å². The van der Waals surface area contributed by atoms with E-state index in [2.05, 4.69) is 43.2 Å². The molecule has 2 aromatic heterocycles. The van der Waals surface area contributed by atoms with E-state index in [1.165, 1.54) is 0 Å². The van der Waals surface area contributed by atoms with E-state index in [4.69, 9.17) is 0 Å². The van der Waals surface area contributed by atoms with Crippen molar-refractivity contribution >= 4 is 17.4 Å². The monoisotopic (exact) mass is 342 g/mol. The highest BCUT2D eigenvalue weighted by Gasteiger charge is 2.26. The second kappa shape index (κ2) is 7.02.